The zero-order valence-corrected chi connectivity index (χ0v) is 6.18. The molecule has 0 aliphatic heterocycles. The van der Waals surface area contributed by atoms with E-state index < -0.39 is 0 Å². The van der Waals surface area contributed by atoms with Crippen molar-refractivity contribution in [1.29, 1.82) is 0 Å². The first-order valence-corrected chi connectivity index (χ1v) is 3.57. The van der Waals surface area contributed by atoms with Crippen molar-refractivity contribution in [2.75, 3.05) is 7.05 Å². The van der Waals surface area contributed by atoms with Gasteiger partial charge in [-0.05, 0) is 12.8 Å². The van der Waals surface area contributed by atoms with Crippen molar-refractivity contribution in [2.45, 2.75) is 25.7 Å². The average molecular weight is 140 g/mol. The zero-order valence-electron chi connectivity index (χ0n) is 6.18. The Kier molecular flexibility index (Phi) is 2.42. The molecule has 0 spiro atoms. The molecule has 56 valence electrons. The van der Waals surface area contributed by atoms with Crippen molar-refractivity contribution in [2.24, 2.45) is 5.10 Å². The predicted molar refractivity (Wildman–Crippen MR) is 40.0 cm³/mol. The Bertz CT molecular complexity index is 151. The highest BCUT2D eigenvalue weighted by atomic mass is 16.1. The van der Waals surface area contributed by atoms with Crippen LogP contribution in [0.4, 0.5) is 0 Å². The lowest BCUT2D eigenvalue weighted by atomic mass is 9.97. The van der Waals surface area contributed by atoms with Crippen LogP contribution in [0.25, 0.3) is 0 Å². The van der Waals surface area contributed by atoms with E-state index >= 15 is 0 Å². The first-order valence-electron chi connectivity index (χ1n) is 3.57. The van der Waals surface area contributed by atoms with E-state index in [1.54, 1.807) is 7.05 Å². The van der Waals surface area contributed by atoms with Crippen LogP contribution in [0, 0.1) is 0 Å². The minimum atomic E-state index is 0.370. The smallest absolute Gasteiger partial charge is 0.133 e. The molecule has 0 aromatic rings. The maximum absolute atomic E-state index is 10.7. The number of carbonyl (C=O) groups is 1. The van der Waals surface area contributed by atoms with E-state index in [-0.39, 0.29) is 0 Å². The van der Waals surface area contributed by atoms with Gasteiger partial charge in [-0.1, -0.05) is 0 Å². The lowest BCUT2D eigenvalue weighted by Gasteiger charge is -2.10. The van der Waals surface area contributed by atoms with Crippen LogP contribution >= 0.6 is 0 Å². The van der Waals surface area contributed by atoms with Gasteiger partial charge in [0.1, 0.15) is 5.78 Å². The highest BCUT2D eigenvalue weighted by Gasteiger charge is 2.12. The molecule has 1 rings (SSSR count). The summed E-state index contributed by atoms with van der Waals surface area (Å²) in [5, 5.41) is 4.03. The van der Waals surface area contributed by atoms with Crippen LogP contribution in [0.15, 0.2) is 5.10 Å². The molecule has 0 heterocycles. The SMILES string of the molecule is CNN=C1CCC(=O)CC1. The number of hydrogen-bond donors (Lipinski definition) is 1. The first kappa shape index (κ1) is 7.25. The van der Waals surface area contributed by atoms with Crippen molar-refractivity contribution >= 4 is 11.5 Å². The molecule has 1 saturated carbocycles. The second kappa shape index (κ2) is 3.34. The number of hydrogen-bond acceptors (Lipinski definition) is 3. The van der Waals surface area contributed by atoms with Crippen molar-refractivity contribution < 1.29 is 4.79 Å². The summed E-state index contributed by atoms with van der Waals surface area (Å²) in [7, 11) is 1.78. The summed E-state index contributed by atoms with van der Waals surface area (Å²) in [6.07, 6.45) is 3.06. The van der Waals surface area contributed by atoms with Crippen molar-refractivity contribution in [3.63, 3.8) is 0 Å². The van der Waals surface area contributed by atoms with Crippen LogP contribution in [0.3, 0.4) is 0 Å². The predicted octanol–water partition coefficient (Wildman–Crippen LogP) is 0.705. The van der Waals surface area contributed by atoms with Gasteiger partial charge >= 0.3 is 0 Å². The summed E-state index contributed by atoms with van der Waals surface area (Å²) in [6.45, 7) is 0. The van der Waals surface area contributed by atoms with Gasteiger partial charge in [0.15, 0.2) is 0 Å². The Morgan fingerprint density at radius 2 is 1.90 bits per heavy atom. The van der Waals surface area contributed by atoms with Gasteiger partial charge in [-0.25, -0.2) is 0 Å². The molecule has 0 saturated heterocycles. The van der Waals surface area contributed by atoms with Crippen molar-refractivity contribution in [1.82, 2.24) is 5.43 Å². The summed E-state index contributed by atoms with van der Waals surface area (Å²) in [4.78, 5) is 10.7. The minimum Gasteiger partial charge on any atom is -0.313 e. The molecular formula is C7H12N2O. The van der Waals surface area contributed by atoms with Gasteiger partial charge in [0.05, 0.1) is 0 Å². The topological polar surface area (TPSA) is 41.5 Å². The Morgan fingerprint density at radius 3 is 2.40 bits per heavy atom. The van der Waals surface area contributed by atoms with E-state index in [1.807, 2.05) is 0 Å². The second-order valence-electron chi connectivity index (χ2n) is 2.44. The number of hydrazone groups is 1. The third-order valence-corrected chi connectivity index (χ3v) is 1.65. The lowest BCUT2D eigenvalue weighted by Crippen LogP contribution is -2.15. The largest absolute Gasteiger partial charge is 0.313 e. The molecule has 0 aromatic carbocycles. The molecule has 0 atom stereocenters. The quantitative estimate of drug-likeness (QED) is 0.545. The fourth-order valence-electron chi connectivity index (χ4n) is 1.09. The van der Waals surface area contributed by atoms with E-state index in [2.05, 4.69) is 10.5 Å². The van der Waals surface area contributed by atoms with E-state index in [9.17, 15) is 4.79 Å². The number of nitrogens with one attached hydrogen (secondary N) is 1. The zero-order chi connectivity index (χ0) is 7.40. The Balaban J connectivity index is 2.39. The molecule has 1 N–H and O–H groups in total. The number of Topliss-reactive ketones (excluding diaryl/α,β-unsaturated/α-hetero) is 1. The van der Waals surface area contributed by atoms with Gasteiger partial charge in [-0.2, -0.15) is 5.10 Å². The van der Waals surface area contributed by atoms with Crippen LogP contribution in [0.5, 0.6) is 0 Å². The summed E-state index contributed by atoms with van der Waals surface area (Å²) in [5.41, 5.74) is 3.86. The molecule has 0 aromatic heterocycles. The third kappa shape index (κ3) is 1.83. The molecule has 0 radical (unpaired) electrons. The maximum Gasteiger partial charge on any atom is 0.133 e. The number of rotatable bonds is 1. The second-order valence-corrected chi connectivity index (χ2v) is 2.44. The first-order chi connectivity index (χ1) is 4.83. The van der Waals surface area contributed by atoms with Gasteiger partial charge in [0, 0.05) is 25.6 Å². The fourth-order valence-corrected chi connectivity index (χ4v) is 1.09. The lowest BCUT2D eigenvalue weighted by molar-refractivity contribution is -0.119. The molecule has 0 amide bonds. The van der Waals surface area contributed by atoms with Crippen LogP contribution in [-0.2, 0) is 4.79 Å². The molecule has 0 bridgehead atoms. The highest BCUT2D eigenvalue weighted by Crippen LogP contribution is 2.10. The monoisotopic (exact) mass is 140 g/mol. The van der Waals surface area contributed by atoms with Gasteiger partial charge in [-0.3, -0.25) is 4.79 Å². The molecule has 1 aliphatic carbocycles. The normalized spacial score (nSPS) is 18.9. The summed E-state index contributed by atoms with van der Waals surface area (Å²) in [5.74, 6) is 0.370. The summed E-state index contributed by atoms with van der Waals surface area (Å²) >= 11 is 0. The fraction of sp³-hybridized carbons (Fsp3) is 0.714. The number of carbonyl (C=O) groups excluding carboxylic acids is 1. The molecule has 1 aliphatic rings. The van der Waals surface area contributed by atoms with E-state index in [4.69, 9.17) is 0 Å². The van der Waals surface area contributed by atoms with Crippen LogP contribution in [0.2, 0.25) is 0 Å². The Hall–Kier alpha value is -0.860. The molecule has 0 unspecified atom stereocenters. The van der Waals surface area contributed by atoms with Crippen molar-refractivity contribution in [3.8, 4) is 0 Å². The average Bonchev–Trinajstić information content (AvgIpc) is 1.95. The van der Waals surface area contributed by atoms with Crippen LogP contribution in [-0.4, -0.2) is 18.5 Å². The molecule has 3 heteroatoms. The Labute approximate surface area is 60.5 Å². The van der Waals surface area contributed by atoms with Gasteiger partial charge in [0.25, 0.3) is 0 Å². The molecule has 10 heavy (non-hydrogen) atoms. The van der Waals surface area contributed by atoms with E-state index in [0.29, 0.717) is 18.6 Å². The highest BCUT2D eigenvalue weighted by molar-refractivity contribution is 5.95. The Morgan fingerprint density at radius 1 is 1.30 bits per heavy atom. The van der Waals surface area contributed by atoms with Crippen LogP contribution < -0.4 is 5.43 Å². The molecular weight excluding hydrogens is 128 g/mol. The van der Waals surface area contributed by atoms with Crippen LogP contribution in [0.1, 0.15) is 25.7 Å². The van der Waals surface area contributed by atoms with Crippen molar-refractivity contribution in [3.05, 3.63) is 0 Å². The standard InChI is InChI=1S/C7H12N2O/c1-8-9-6-2-4-7(10)5-3-6/h8H,2-5H2,1H3. The number of ketones is 1. The molecule has 3 nitrogen and oxygen atoms in total. The van der Waals surface area contributed by atoms with Gasteiger partial charge in [0.2, 0.25) is 0 Å². The van der Waals surface area contributed by atoms with E-state index in [1.165, 1.54) is 0 Å². The number of nitrogens with zero attached hydrogens (tertiary/aromatic N) is 1. The third-order valence-electron chi connectivity index (χ3n) is 1.65. The summed E-state index contributed by atoms with van der Waals surface area (Å²) < 4.78 is 0. The minimum absolute atomic E-state index is 0.370. The van der Waals surface area contributed by atoms with Gasteiger partial charge < -0.3 is 5.43 Å². The van der Waals surface area contributed by atoms with E-state index in [0.717, 1.165) is 18.6 Å². The maximum atomic E-state index is 10.7. The van der Waals surface area contributed by atoms with Gasteiger partial charge in [-0.15, -0.1) is 0 Å². The molecule has 1 fully saturated rings. The summed E-state index contributed by atoms with van der Waals surface area (Å²) in [6, 6.07) is 0.